The molecule has 1 aromatic heterocycles. The first-order valence-corrected chi connectivity index (χ1v) is 13.8. The summed E-state index contributed by atoms with van der Waals surface area (Å²) in [7, 11) is 0. The summed E-state index contributed by atoms with van der Waals surface area (Å²) in [6, 6.07) is 11.7. The highest BCUT2D eigenvalue weighted by atomic mass is 19.4. The first-order chi connectivity index (χ1) is 19.7. The Morgan fingerprint density at radius 2 is 1.60 bits per heavy atom. The number of fused-ring (bicyclic) bond motifs is 1. The highest BCUT2D eigenvalue weighted by Crippen LogP contribution is 2.33. The molecule has 0 radical (unpaired) electrons. The fourth-order valence-electron chi connectivity index (χ4n) is 5.47. The Kier molecular flexibility index (Phi) is 10.8. The minimum atomic E-state index is -5.08. The molecule has 2 unspecified atom stereocenters. The maximum absolute atomic E-state index is 13.2. The predicted molar refractivity (Wildman–Crippen MR) is 148 cm³/mol. The minimum absolute atomic E-state index is 0.0318. The quantitative estimate of drug-likeness (QED) is 0.334. The van der Waals surface area contributed by atoms with Crippen molar-refractivity contribution in [2.75, 3.05) is 32.7 Å². The van der Waals surface area contributed by atoms with Crippen molar-refractivity contribution in [1.29, 1.82) is 0 Å². The van der Waals surface area contributed by atoms with Crippen LogP contribution in [0.5, 0.6) is 0 Å². The summed E-state index contributed by atoms with van der Waals surface area (Å²) in [6.45, 7) is 11.7. The average Bonchev–Trinajstić information content (AvgIpc) is 3.48. The Balaban J connectivity index is 0.000000616. The lowest BCUT2D eigenvalue weighted by Crippen LogP contribution is -2.42. The number of aliphatic carboxylic acids is 1. The molecule has 2 aromatic rings. The number of carbonyl (C=O) groups excluding carboxylic acids is 2. The van der Waals surface area contributed by atoms with E-state index in [1.807, 2.05) is 43.9 Å². The third-order valence-corrected chi connectivity index (χ3v) is 7.51. The lowest BCUT2D eigenvalue weighted by Gasteiger charge is -2.25. The molecular weight excluding hydrogens is 555 g/mol. The smallest absolute Gasteiger partial charge is 0.490 e. The standard InChI is InChI=1S/C27H37N5O3.C2HF3O2/c1-18(2)28-27(34)29-24(21-8-6-5-7-9-21)11-12-30-14-22-16-31(17-23(22)15-30)26(33)25-19(3)10-13-32(35)20(25)4;3-2(4,5)1(6)7/h5-10,13,18,22-24H,11-12,14-17H2,1-4H3,(H2,28,29,34);(H,6,7)/t22-,23?,24?;/m0./s1. The van der Waals surface area contributed by atoms with Gasteiger partial charge in [-0.05, 0) is 50.2 Å². The zero-order valence-corrected chi connectivity index (χ0v) is 24.1. The van der Waals surface area contributed by atoms with Gasteiger partial charge in [0.25, 0.3) is 5.91 Å². The number of amides is 3. The number of carboxylic acid groups (broad SMARTS) is 1. The van der Waals surface area contributed by atoms with Gasteiger partial charge in [-0.3, -0.25) is 4.79 Å². The Morgan fingerprint density at radius 1 is 1.02 bits per heavy atom. The number of likely N-dealkylation sites (tertiary alicyclic amines) is 2. The molecule has 0 aliphatic carbocycles. The number of benzene rings is 1. The Hall–Kier alpha value is -3.87. The second-order valence-corrected chi connectivity index (χ2v) is 11.1. The van der Waals surface area contributed by atoms with Gasteiger partial charge in [-0.1, -0.05) is 30.3 Å². The second-order valence-electron chi connectivity index (χ2n) is 11.1. The number of hydrogen-bond acceptors (Lipinski definition) is 5. The molecule has 2 aliphatic heterocycles. The number of urea groups is 1. The fraction of sp³-hybridized carbons (Fsp3) is 0.517. The number of hydrogen-bond donors (Lipinski definition) is 3. The number of aryl methyl sites for hydroxylation is 1. The average molecular weight is 594 g/mol. The van der Waals surface area contributed by atoms with Gasteiger partial charge in [0, 0.05) is 51.8 Å². The van der Waals surface area contributed by atoms with Crippen LogP contribution in [0.15, 0.2) is 42.6 Å². The van der Waals surface area contributed by atoms with E-state index in [0.29, 0.717) is 23.1 Å². The van der Waals surface area contributed by atoms with Crippen LogP contribution in [-0.2, 0) is 4.79 Å². The maximum atomic E-state index is 13.2. The third kappa shape index (κ3) is 8.57. The van der Waals surface area contributed by atoms with Gasteiger partial charge < -0.3 is 30.7 Å². The minimum Gasteiger partial charge on any atom is -0.618 e. The van der Waals surface area contributed by atoms with E-state index in [4.69, 9.17) is 9.90 Å². The molecule has 3 amide bonds. The molecule has 1 aromatic carbocycles. The van der Waals surface area contributed by atoms with Gasteiger partial charge in [0.05, 0.1) is 6.04 Å². The fourth-order valence-corrected chi connectivity index (χ4v) is 5.47. The summed E-state index contributed by atoms with van der Waals surface area (Å²) in [5, 5.41) is 25.2. The molecule has 3 heterocycles. The number of carboxylic acids is 1. The SMILES string of the molecule is Cc1cc[n+]([O-])c(C)c1C(=O)N1CC2CN(CCC(NC(=O)NC(C)C)c3ccccc3)C[C@H]2C1.O=C(O)C(F)(F)F. The number of alkyl halides is 3. The predicted octanol–water partition coefficient (Wildman–Crippen LogP) is 3.41. The summed E-state index contributed by atoms with van der Waals surface area (Å²) in [5.41, 5.74) is 2.96. The van der Waals surface area contributed by atoms with Crippen LogP contribution >= 0.6 is 0 Å². The third-order valence-electron chi connectivity index (χ3n) is 7.51. The molecule has 10 nitrogen and oxygen atoms in total. The van der Waals surface area contributed by atoms with Crippen molar-refractivity contribution < 1.29 is 37.4 Å². The van der Waals surface area contributed by atoms with E-state index >= 15 is 0 Å². The normalized spacial score (nSPS) is 19.1. The molecule has 0 spiro atoms. The summed E-state index contributed by atoms with van der Waals surface area (Å²) in [4.78, 5) is 38.9. The Bertz CT molecular complexity index is 1240. The first-order valence-electron chi connectivity index (χ1n) is 13.8. The molecule has 2 fully saturated rings. The monoisotopic (exact) mass is 593 g/mol. The van der Waals surface area contributed by atoms with Crippen molar-refractivity contribution in [3.63, 3.8) is 0 Å². The van der Waals surface area contributed by atoms with Gasteiger partial charge in [-0.2, -0.15) is 17.9 Å². The van der Waals surface area contributed by atoms with Crippen molar-refractivity contribution in [3.05, 3.63) is 70.2 Å². The van der Waals surface area contributed by atoms with Gasteiger partial charge in [0.1, 0.15) is 5.56 Å². The number of aromatic nitrogens is 1. The highest BCUT2D eigenvalue weighted by molar-refractivity contribution is 5.96. The Labute approximate surface area is 243 Å². The number of nitrogens with zero attached hydrogens (tertiary/aromatic N) is 3. The molecule has 4 rings (SSSR count). The largest absolute Gasteiger partial charge is 0.618 e. The summed E-state index contributed by atoms with van der Waals surface area (Å²) in [5.74, 6) is -1.91. The zero-order valence-electron chi connectivity index (χ0n) is 24.1. The lowest BCUT2D eigenvalue weighted by molar-refractivity contribution is -0.612. The van der Waals surface area contributed by atoms with Crippen molar-refractivity contribution >= 4 is 17.9 Å². The summed E-state index contributed by atoms with van der Waals surface area (Å²) < 4.78 is 32.5. The van der Waals surface area contributed by atoms with E-state index in [2.05, 4.69) is 27.7 Å². The van der Waals surface area contributed by atoms with Crippen LogP contribution in [0.2, 0.25) is 0 Å². The second kappa shape index (κ2) is 13.9. The number of nitrogens with one attached hydrogen (secondary N) is 2. The van der Waals surface area contributed by atoms with Crippen LogP contribution in [0.1, 0.15) is 53.5 Å². The summed E-state index contributed by atoms with van der Waals surface area (Å²) in [6.07, 6.45) is -2.80. The van der Waals surface area contributed by atoms with E-state index < -0.39 is 12.1 Å². The van der Waals surface area contributed by atoms with Crippen LogP contribution in [0, 0.1) is 30.9 Å². The molecule has 0 saturated carbocycles. The molecule has 0 bridgehead atoms. The zero-order chi connectivity index (χ0) is 31.2. The number of halogens is 3. The van der Waals surface area contributed by atoms with E-state index in [0.717, 1.165) is 55.0 Å². The van der Waals surface area contributed by atoms with E-state index in [-0.39, 0.29) is 24.0 Å². The van der Waals surface area contributed by atoms with Crippen molar-refractivity contribution in [3.8, 4) is 0 Å². The van der Waals surface area contributed by atoms with Gasteiger partial charge in [0.2, 0.25) is 5.69 Å². The van der Waals surface area contributed by atoms with E-state index in [1.54, 1.807) is 13.0 Å². The summed E-state index contributed by atoms with van der Waals surface area (Å²) >= 11 is 0. The van der Waals surface area contributed by atoms with E-state index in [9.17, 15) is 28.0 Å². The van der Waals surface area contributed by atoms with Crippen molar-refractivity contribution in [2.45, 2.75) is 52.4 Å². The first kappa shape index (κ1) is 32.6. The van der Waals surface area contributed by atoms with Gasteiger partial charge >= 0.3 is 18.2 Å². The maximum Gasteiger partial charge on any atom is 0.490 e. The molecular formula is C29H38F3N5O5. The number of rotatable bonds is 7. The molecule has 2 saturated heterocycles. The van der Waals surface area contributed by atoms with Crippen LogP contribution in [-0.4, -0.2) is 77.8 Å². The topological polar surface area (TPSA) is 129 Å². The molecule has 3 N–H and O–H groups in total. The number of pyridine rings is 1. The highest BCUT2D eigenvalue weighted by Gasteiger charge is 2.42. The van der Waals surface area contributed by atoms with Crippen LogP contribution in [0.3, 0.4) is 0 Å². The Morgan fingerprint density at radius 3 is 2.12 bits per heavy atom. The van der Waals surface area contributed by atoms with Crippen molar-refractivity contribution in [2.24, 2.45) is 11.8 Å². The van der Waals surface area contributed by atoms with Gasteiger partial charge in [0.15, 0.2) is 6.20 Å². The molecule has 42 heavy (non-hydrogen) atoms. The van der Waals surface area contributed by atoms with Crippen LogP contribution < -0.4 is 15.4 Å². The van der Waals surface area contributed by atoms with Crippen LogP contribution in [0.25, 0.3) is 0 Å². The molecule has 2 aliphatic rings. The molecule has 3 atom stereocenters. The lowest BCUT2D eigenvalue weighted by atomic mass is 10.0. The number of carbonyl (C=O) groups is 3. The molecule has 230 valence electrons. The molecule has 13 heteroatoms. The van der Waals surface area contributed by atoms with Crippen molar-refractivity contribution in [1.82, 2.24) is 20.4 Å². The van der Waals surface area contributed by atoms with Gasteiger partial charge in [-0.15, -0.1) is 0 Å². The van der Waals surface area contributed by atoms with E-state index in [1.165, 1.54) is 6.20 Å². The van der Waals surface area contributed by atoms with Gasteiger partial charge in [-0.25, -0.2) is 9.59 Å². The van der Waals surface area contributed by atoms with Crippen LogP contribution in [0.4, 0.5) is 18.0 Å².